The fourth-order valence-electron chi connectivity index (χ4n) is 7.10. The van der Waals surface area contributed by atoms with Crippen LogP contribution in [-0.2, 0) is 59.1 Å². The molecule has 79 heavy (non-hydrogen) atoms. The third-order valence-corrected chi connectivity index (χ3v) is 15.0. The van der Waals surface area contributed by atoms with Crippen LogP contribution in [0.15, 0.2) is 117 Å². The van der Waals surface area contributed by atoms with Crippen LogP contribution < -0.4 is 4.74 Å². The molecule has 0 bridgehead atoms. The zero-order valence-electron chi connectivity index (χ0n) is 40.2. The predicted octanol–water partition coefficient (Wildman–Crippen LogP) is 10.1. The zero-order valence-corrected chi connectivity index (χ0v) is 46.0. The highest BCUT2D eigenvalue weighted by Crippen LogP contribution is 2.48. The maximum Gasteiger partial charge on any atom is 0.296 e. The topological polar surface area (TPSA) is 452 Å². The van der Waals surface area contributed by atoms with E-state index >= 15 is 0 Å². The maximum absolute atomic E-state index is 12.8. The highest BCUT2D eigenvalue weighted by molar-refractivity contribution is 7.95. The molecule has 0 fully saturated rings. The lowest BCUT2D eigenvalue weighted by Crippen LogP contribution is -2.08. The average Bonchev–Trinajstić information content (AvgIpc) is 4.23. The molecule has 0 unspecified atom stereocenters. The van der Waals surface area contributed by atoms with Gasteiger partial charge in [0.05, 0.1) is 76.1 Å². The number of pyridine rings is 1. The second-order valence-electron chi connectivity index (χ2n) is 15.8. The highest BCUT2D eigenvalue weighted by atomic mass is 32.2. The Kier molecular flexibility index (Phi) is 18.3. The summed E-state index contributed by atoms with van der Waals surface area (Å²) in [6.45, 7) is 2.72. The van der Waals surface area contributed by atoms with E-state index in [1.165, 1.54) is 42.7 Å². The molecule has 0 spiro atoms. The van der Waals surface area contributed by atoms with Crippen molar-refractivity contribution in [3.8, 4) is 23.4 Å². The second kappa shape index (κ2) is 24.2. The molecule has 37 heteroatoms. The summed E-state index contributed by atoms with van der Waals surface area (Å²) in [7, 11) is -16.7. The quantitative estimate of drug-likeness (QED) is 0.00987. The summed E-state index contributed by atoms with van der Waals surface area (Å²) in [4.78, 5) is 12.0. The van der Waals surface area contributed by atoms with E-state index in [9.17, 15) is 62.8 Å². The number of para-hydroxylation sites is 2. The summed E-state index contributed by atoms with van der Waals surface area (Å²) in [5, 5.41) is 70.9. The summed E-state index contributed by atoms with van der Waals surface area (Å²) < 4.78 is 145. The number of benzene rings is 5. The molecule has 30 nitrogen and oxygen atoms in total. The van der Waals surface area contributed by atoms with E-state index in [1.807, 2.05) is 6.07 Å². The number of phenolic OH excluding ortho intramolecular Hbond substituents is 1. The number of nitrogens with zero attached hydrogens (tertiary/aromatic N) is 10. The lowest BCUT2D eigenvalue weighted by Gasteiger charge is -2.13. The van der Waals surface area contributed by atoms with E-state index in [1.54, 1.807) is 31.2 Å². The number of aromatic hydroxyl groups is 2. The minimum atomic E-state index is -5.11. The molecule has 416 valence electrons. The van der Waals surface area contributed by atoms with Gasteiger partial charge in [-0.3, -0.25) is 22.6 Å². The van der Waals surface area contributed by atoms with Crippen LogP contribution in [0.2, 0.25) is 0 Å². The average molecular weight is 1230 g/mol. The molecule has 0 saturated heterocycles. The van der Waals surface area contributed by atoms with E-state index in [2.05, 4.69) is 54.9 Å². The summed E-state index contributed by atoms with van der Waals surface area (Å²) in [5.74, 6) is -2.01. The molecule has 8 rings (SSSR count). The smallest absolute Gasteiger partial charge is 0.296 e. The molecule has 3 aromatic heterocycles. The summed E-state index contributed by atoms with van der Waals surface area (Å²) in [5.41, 5.74) is 0.148. The van der Waals surface area contributed by atoms with Gasteiger partial charge in [0.2, 0.25) is 11.0 Å². The SMILES string of the molecule is COOSc1cc(S(=O)(=O)O)c2nc(N=Nc3cc(OCCCS(=O)(=O)O)c(N=Nc4c(SOOO)cc5cc(S(=O)(=O)O)c(N=Nc6c(C)c(C#N)c7nc8ccccc8n7c6O)cc5c4O)cc3C)sc2c1.CS(=O)(=O)O. The van der Waals surface area contributed by atoms with Crippen LogP contribution in [0.4, 0.5) is 33.6 Å². The molecule has 0 aliphatic heterocycles. The Morgan fingerprint density at radius 3 is 2.10 bits per heavy atom. The van der Waals surface area contributed by atoms with E-state index in [0.717, 1.165) is 29.5 Å². The van der Waals surface area contributed by atoms with Crippen LogP contribution in [-0.4, -0.2) is 107 Å². The van der Waals surface area contributed by atoms with Crippen molar-refractivity contribution in [2.24, 2.45) is 30.7 Å². The standard InChI is InChI=1S/C41H32N10O17S6.CH4O3S/c1-19-11-27(30(65-9-6-10-72(55,56)57)17-26(19)45-50-41-44-36-31(69-41)14-22(70-67-64-3)15-34(36)74(61,62)63)46-49-37-32(71-68-66-54)12-21-13-33(73(58,59)60)28(16-23(21)38(37)52)47-48-35-20(2)24(18-42)39-43-25-7-4-5-8-29(25)51(39)40(35)53;1-5(2,3)4/h4-5,7-8,11-17,52-54H,6,9-10H2,1-3H3,(H,55,56,57)(H,58,59,60)(H,61,62,63);1H3,(H,2,3,4). The molecular formula is C42H36N10O20S7. The number of fused-ring (bicyclic) bond motifs is 5. The molecule has 3 heterocycles. The summed E-state index contributed by atoms with van der Waals surface area (Å²) in [6.07, 6.45) is 0.508. The molecule has 0 radical (unpaired) electrons. The number of hydrogen-bond donors (Lipinski definition) is 7. The summed E-state index contributed by atoms with van der Waals surface area (Å²) in [6, 6.07) is 17.2. The Morgan fingerprint density at radius 2 is 1.44 bits per heavy atom. The largest absolute Gasteiger partial charge is 0.505 e. The number of thiazole rings is 1. The molecule has 8 aromatic rings. The Morgan fingerprint density at radius 1 is 0.772 bits per heavy atom. The molecule has 0 aliphatic rings. The molecule has 7 N–H and O–H groups in total. The first-order chi connectivity index (χ1) is 37.1. The number of hydrogen-bond acceptors (Lipinski definition) is 28. The molecule has 0 atom stereocenters. The molecule has 0 amide bonds. The predicted molar refractivity (Wildman–Crippen MR) is 281 cm³/mol. The van der Waals surface area contributed by atoms with Crippen LogP contribution in [0, 0.1) is 25.2 Å². The Bertz CT molecular complexity index is 4330. The van der Waals surface area contributed by atoms with Crippen LogP contribution in [0.1, 0.15) is 23.1 Å². The molecule has 0 saturated carbocycles. The Balaban J connectivity index is 0.00000173. The Labute approximate surface area is 457 Å². The lowest BCUT2D eigenvalue weighted by atomic mass is 10.1. The first kappa shape index (κ1) is 59.7. The van der Waals surface area contributed by atoms with Crippen LogP contribution >= 0.6 is 35.4 Å². The monoisotopic (exact) mass is 1220 g/mol. The number of imidazole rings is 1. The molecular weight excluding hydrogens is 1190 g/mol. The van der Waals surface area contributed by atoms with Gasteiger partial charge in [-0.1, -0.05) is 28.5 Å². The number of ether oxygens (including phenoxy) is 1. The zero-order chi connectivity index (χ0) is 57.8. The van der Waals surface area contributed by atoms with Gasteiger partial charge in [0.25, 0.3) is 40.5 Å². The van der Waals surface area contributed by atoms with Crippen LogP contribution in [0.25, 0.3) is 37.7 Å². The van der Waals surface area contributed by atoms with E-state index in [0.29, 0.717) is 34.9 Å². The molecule has 5 aromatic carbocycles. The number of phenols is 1. The van der Waals surface area contributed by atoms with Crippen molar-refractivity contribution in [3.63, 3.8) is 0 Å². The van der Waals surface area contributed by atoms with Crippen molar-refractivity contribution in [2.75, 3.05) is 25.7 Å². The number of nitriles is 1. The van der Waals surface area contributed by atoms with Gasteiger partial charge in [0.1, 0.15) is 49.8 Å². The maximum atomic E-state index is 12.8. The normalized spacial score (nSPS) is 12.7. The van der Waals surface area contributed by atoms with E-state index in [4.69, 9.17) is 18.9 Å². The fraction of sp³-hybridized carbons (Fsp3) is 0.167. The number of aromatic nitrogens is 3. The summed E-state index contributed by atoms with van der Waals surface area (Å²) >= 11 is 1.86. The van der Waals surface area contributed by atoms with Crippen LogP contribution in [0.3, 0.4) is 0 Å². The van der Waals surface area contributed by atoms with Gasteiger partial charge in [0, 0.05) is 21.9 Å². The van der Waals surface area contributed by atoms with Crippen molar-refractivity contribution in [2.45, 2.75) is 39.9 Å². The van der Waals surface area contributed by atoms with Gasteiger partial charge in [0.15, 0.2) is 17.1 Å². The van der Waals surface area contributed by atoms with Crippen molar-refractivity contribution >= 4 is 147 Å². The minimum Gasteiger partial charge on any atom is -0.505 e. The van der Waals surface area contributed by atoms with Gasteiger partial charge in [-0.25, -0.2) is 20.1 Å². The van der Waals surface area contributed by atoms with Gasteiger partial charge < -0.3 is 14.9 Å². The fourth-order valence-corrected chi connectivity index (χ4v) is 10.9. The van der Waals surface area contributed by atoms with Gasteiger partial charge in [-0.15, -0.1) is 35.0 Å². The second-order valence-corrected chi connectivity index (χ2v) is 24.2. The number of rotatable bonds is 19. The third-order valence-electron chi connectivity index (χ3n) is 10.4. The van der Waals surface area contributed by atoms with Crippen molar-refractivity contribution < 1.29 is 90.7 Å². The van der Waals surface area contributed by atoms with Crippen LogP contribution in [0.5, 0.6) is 17.4 Å². The van der Waals surface area contributed by atoms with E-state index < -0.39 is 79.0 Å². The van der Waals surface area contributed by atoms with E-state index in [-0.39, 0.29) is 101 Å². The van der Waals surface area contributed by atoms with Gasteiger partial charge >= 0.3 is 0 Å². The lowest BCUT2D eigenvalue weighted by molar-refractivity contribution is -0.432. The van der Waals surface area contributed by atoms with Crippen molar-refractivity contribution in [1.82, 2.24) is 14.4 Å². The first-order valence-corrected chi connectivity index (χ1v) is 29.9. The Hall–Kier alpha value is -6.97. The first-order valence-electron chi connectivity index (χ1n) is 21.3. The van der Waals surface area contributed by atoms with Crippen molar-refractivity contribution in [3.05, 3.63) is 83.4 Å². The third kappa shape index (κ3) is 14.5. The minimum absolute atomic E-state index is 0.0153. The molecule has 0 aliphatic carbocycles. The van der Waals surface area contributed by atoms with Crippen molar-refractivity contribution in [1.29, 1.82) is 5.26 Å². The number of aryl methyl sites for hydroxylation is 1. The van der Waals surface area contributed by atoms with Gasteiger partial charge in [-0.05, 0) is 79.7 Å². The highest BCUT2D eigenvalue weighted by Gasteiger charge is 2.25. The number of azo groups is 3. The van der Waals surface area contributed by atoms with Gasteiger partial charge in [-0.2, -0.15) is 43.3 Å².